The van der Waals surface area contributed by atoms with Crippen molar-refractivity contribution in [2.75, 3.05) is 6.54 Å². The van der Waals surface area contributed by atoms with Crippen molar-refractivity contribution in [2.24, 2.45) is 11.8 Å². The Hall–Kier alpha value is -1.99. The van der Waals surface area contributed by atoms with Gasteiger partial charge in [-0.25, -0.2) is 4.79 Å². The van der Waals surface area contributed by atoms with E-state index in [0.29, 0.717) is 15.6 Å². The van der Waals surface area contributed by atoms with E-state index < -0.39 is 30.2 Å². The van der Waals surface area contributed by atoms with E-state index >= 15 is 0 Å². The van der Waals surface area contributed by atoms with Crippen molar-refractivity contribution in [3.8, 4) is 0 Å². The summed E-state index contributed by atoms with van der Waals surface area (Å²) >= 11 is 11.9. The molecule has 26 heavy (non-hydrogen) atoms. The standard InChI is InChI=1S/C17H21Cl2NO6/c1-9(2)16(23)25-10(3)26-17(24)20-8-12(15(21)22)6-11-7-13(18)4-5-14(11)19/h4-5,7,9-10,12H,6,8H2,1-3H3,(H,20,24)(H,21,22)/t10-,12+/m1/s1. The number of esters is 1. The topological polar surface area (TPSA) is 102 Å². The summed E-state index contributed by atoms with van der Waals surface area (Å²) < 4.78 is 9.75. The lowest BCUT2D eigenvalue weighted by Gasteiger charge is -2.18. The number of hydrogen-bond donors (Lipinski definition) is 2. The Morgan fingerprint density at radius 1 is 1.15 bits per heavy atom. The first kappa shape index (κ1) is 22.1. The van der Waals surface area contributed by atoms with Crippen LogP contribution < -0.4 is 5.32 Å². The molecule has 1 aromatic carbocycles. The third kappa shape index (κ3) is 7.49. The van der Waals surface area contributed by atoms with Crippen LogP contribution in [0.25, 0.3) is 0 Å². The zero-order valence-corrected chi connectivity index (χ0v) is 16.1. The van der Waals surface area contributed by atoms with Crippen LogP contribution in [0.5, 0.6) is 0 Å². The number of carboxylic acids is 1. The zero-order valence-electron chi connectivity index (χ0n) is 14.6. The highest BCUT2D eigenvalue weighted by Gasteiger charge is 2.22. The highest BCUT2D eigenvalue weighted by Crippen LogP contribution is 2.23. The number of hydrogen-bond acceptors (Lipinski definition) is 5. The van der Waals surface area contributed by atoms with E-state index in [0.717, 1.165) is 0 Å². The quantitative estimate of drug-likeness (QED) is 0.506. The lowest BCUT2D eigenvalue weighted by atomic mass is 9.99. The second-order valence-electron chi connectivity index (χ2n) is 5.92. The number of ether oxygens (including phenoxy) is 2. The van der Waals surface area contributed by atoms with Crippen molar-refractivity contribution in [1.82, 2.24) is 5.32 Å². The average Bonchev–Trinajstić information content (AvgIpc) is 2.53. The Morgan fingerprint density at radius 3 is 2.38 bits per heavy atom. The summed E-state index contributed by atoms with van der Waals surface area (Å²) in [6, 6.07) is 4.74. The van der Waals surface area contributed by atoms with Gasteiger partial charge < -0.3 is 19.9 Å². The molecular weight excluding hydrogens is 385 g/mol. The number of halogens is 2. The summed E-state index contributed by atoms with van der Waals surface area (Å²) in [7, 11) is 0. The molecule has 0 heterocycles. The number of carbonyl (C=O) groups is 3. The number of carboxylic acid groups (broad SMARTS) is 1. The largest absolute Gasteiger partial charge is 0.481 e. The van der Waals surface area contributed by atoms with Gasteiger partial charge in [0, 0.05) is 23.5 Å². The van der Waals surface area contributed by atoms with Gasteiger partial charge >= 0.3 is 18.0 Å². The van der Waals surface area contributed by atoms with E-state index in [1.165, 1.54) is 6.92 Å². The van der Waals surface area contributed by atoms with Crippen LogP contribution in [0.3, 0.4) is 0 Å². The van der Waals surface area contributed by atoms with Gasteiger partial charge in [-0.05, 0) is 30.2 Å². The Balaban J connectivity index is 2.58. The molecule has 1 rings (SSSR count). The molecule has 1 amide bonds. The Kier molecular flexibility index (Phi) is 8.68. The fraction of sp³-hybridized carbons (Fsp3) is 0.471. The Labute approximate surface area is 161 Å². The maximum Gasteiger partial charge on any atom is 0.410 e. The van der Waals surface area contributed by atoms with Gasteiger partial charge in [-0.3, -0.25) is 9.59 Å². The van der Waals surface area contributed by atoms with Crippen LogP contribution in [0.1, 0.15) is 26.3 Å². The minimum Gasteiger partial charge on any atom is -0.481 e. The molecule has 9 heteroatoms. The molecule has 144 valence electrons. The number of amides is 1. The molecule has 2 atom stereocenters. The lowest BCUT2D eigenvalue weighted by molar-refractivity contribution is -0.168. The van der Waals surface area contributed by atoms with E-state index in [-0.39, 0.29) is 18.9 Å². The van der Waals surface area contributed by atoms with Crippen molar-refractivity contribution < 1.29 is 29.0 Å². The summed E-state index contributed by atoms with van der Waals surface area (Å²) in [5, 5.41) is 12.5. The maximum absolute atomic E-state index is 11.7. The molecule has 7 nitrogen and oxygen atoms in total. The first-order valence-electron chi connectivity index (χ1n) is 7.91. The third-order valence-corrected chi connectivity index (χ3v) is 3.95. The Bertz CT molecular complexity index is 665. The zero-order chi connectivity index (χ0) is 19.9. The SMILES string of the molecule is CC(C)C(=O)O[C@@H](C)OC(=O)NC[C@H](Cc1cc(Cl)ccc1Cl)C(=O)O. The molecule has 0 aromatic heterocycles. The molecule has 0 aliphatic carbocycles. The third-order valence-electron chi connectivity index (χ3n) is 3.34. The van der Waals surface area contributed by atoms with Crippen LogP contribution in [0.2, 0.25) is 10.0 Å². The molecule has 1 aromatic rings. The van der Waals surface area contributed by atoms with Crippen molar-refractivity contribution in [1.29, 1.82) is 0 Å². The molecule has 0 aliphatic heterocycles. The number of rotatable bonds is 8. The number of alkyl carbamates (subject to hydrolysis) is 1. The highest BCUT2D eigenvalue weighted by molar-refractivity contribution is 6.33. The maximum atomic E-state index is 11.7. The van der Waals surface area contributed by atoms with Crippen LogP contribution in [-0.4, -0.2) is 36.0 Å². The molecule has 0 saturated carbocycles. The molecule has 0 spiro atoms. The van der Waals surface area contributed by atoms with E-state index in [9.17, 15) is 19.5 Å². The summed E-state index contributed by atoms with van der Waals surface area (Å²) in [5.41, 5.74) is 0.556. The second kappa shape index (κ2) is 10.2. The fourth-order valence-electron chi connectivity index (χ4n) is 1.93. The second-order valence-corrected chi connectivity index (χ2v) is 6.76. The lowest BCUT2D eigenvalue weighted by Crippen LogP contribution is -2.36. The van der Waals surface area contributed by atoms with Crippen LogP contribution in [-0.2, 0) is 25.5 Å². The van der Waals surface area contributed by atoms with Gasteiger partial charge in [0.15, 0.2) is 0 Å². The molecule has 0 aliphatic rings. The van der Waals surface area contributed by atoms with Crippen molar-refractivity contribution in [2.45, 2.75) is 33.5 Å². The van der Waals surface area contributed by atoms with Gasteiger partial charge in [-0.1, -0.05) is 37.0 Å². The van der Waals surface area contributed by atoms with E-state index in [4.69, 9.17) is 32.7 Å². The van der Waals surface area contributed by atoms with Gasteiger partial charge in [-0.15, -0.1) is 0 Å². The normalized spacial score (nSPS) is 13.0. The van der Waals surface area contributed by atoms with Crippen LogP contribution in [0, 0.1) is 11.8 Å². The predicted octanol–water partition coefficient (Wildman–Crippen LogP) is 3.51. The number of nitrogens with one attached hydrogen (secondary N) is 1. The first-order chi connectivity index (χ1) is 12.1. The summed E-state index contributed by atoms with van der Waals surface area (Å²) in [6.07, 6.45) is -1.90. The van der Waals surface area contributed by atoms with Crippen LogP contribution in [0.15, 0.2) is 18.2 Å². The van der Waals surface area contributed by atoms with Gasteiger partial charge in [0.05, 0.1) is 11.8 Å². The summed E-state index contributed by atoms with van der Waals surface area (Å²) in [4.78, 5) is 34.6. The van der Waals surface area contributed by atoms with E-state index in [1.54, 1.807) is 32.0 Å². The molecule has 0 bridgehead atoms. The minimum absolute atomic E-state index is 0.0763. The number of carbonyl (C=O) groups excluding carboxylic acids is 2. The van der Waals surface area contributed by atoms with Crippen LogP contribution >= 0.6 is 23.2 Å². The Morgan fingerprint density at radius 2 is 1.81 bits per heavy atom. The van der Waals surface area contributed by atoms with E-state index in [2.05, 4.69) is 5.32 Å². The van der Waals surface area contributed by atoms with Gasteiger partial charge in [0.2, 0.25) is 6.29 Å². The smallest absolute Gasteiger partial charge is 0.410 e. The molecule has 0 fully saturated rings. The van der Waals surface area contributed by atoms with Gasteiger partial charge in [0.1, 0.15) is 0 Å². The number of aliphatic carboxylic acids is 1. The first-order valence-corrected chi connectivity index (χ1v) is 8.67. The molecule has 2 N–H and O–H groups in total. The highest BCUT2D eigenvalue weighted by atomic mass is 35.5. The monoisotopic (exact) mass is 405 g/mol. The molecule has 0 radical (unpaired) electrons. The molecule has 0 saturated heterocycles. The van der Waals surface area contributed by atoms with Crippen molar-refractivity contribution in [3.63, 3.8) is 0 Å². The minimum atomic E-state index is -1.11. The number of benzene rings is 1. The fourth-order valence-corrected chi connectivity index (χ4v) is 2.32. The van der Waals surface area contributed by atoms with E-state index in [1.807, 2.05) is 0 Å². The van der Waals surface area contributed by atoms with Crippen LogP contribution in [0.4, 0.5) is 4.79 Å². The van der Waals surface area contributed by atoms with Gasteiger partial charge in [0.25, 0.3) is 0 Å². The average molecular weight is 406 g/mol. The summed E-state index contributed by atoms with van der Waals surface area (Å²) in [6.45, 7) is 4.49. The predicted molar refractivity (Wildman–Crippen MR) is 96.2 cm³/mol. The van der Waals surface area contributed by atoms with Crippen molar-refractivity contribution >= 4 is 41.2 Å². The van der Waals surface area contributed by atoms with Gasteiger partial charge in [-0.2, -0.15) is 0 Å². The van der Waals surface area contributed by atoms with Crippen molar-refractivity contribution in [3.05, 3.63) is 33.8 Å². The molecule has 0 unspecified atom stereocenters. The summed E-state index contributed by atoms with van der Waals surface area (Å²) in [5.74, 6) is -2.92. The molecular formula is C17H21Cl2NO6.